The molecule has 130 valence electrons. The summed E-state index contributed by atoms with van der Waals surface area (Å²) in [6.07, 6.45) is 1.77. The molecule has 0 unspecified atom stereocenters. The topological polar surface area (TPSA) is 99.0 Å². The number of hydrogen-bond donors (Lipinski definition) is 2. The molecule has 3 aromatic rings. The van der Waals surface area contributed by atoms with Gasteiger partial charge in [-0.3, -0.25) is 4.79 Å². The van der Waals surface area contributed by atoms with Gasteiger partial charge < -0.3 is 14.8 Å². The van der Waals surface area contributed by atoms with Gasteiger partial charge in [-0.2, -0.15) is 5.26 Å². The molecule has 0 amide bonds. The van der Waals surface area contributed by atoms with Gasteiger partial charge in [0.25, 0.3) is 5.56 Å². The number of aromatic nitrogens is 2. The van der Waals surface area contributed by atoms with Crippen LogP contribution in [0.3, 0.4) is 0 Å². The molecule has 0 saturated heterocycles. The van der Waals surface area contributed by atoms with Crippen molar-refractivity contribution in [3.05, 3.63) is 58.4 Å². The van der Waals surface area contributed by atoms with Gasteiger partial charge in [-0.25, -0.2) is 4.98 Å². The summed E-state index contributed by atoms with van der Waals surface area (Å²) in [5.41, 5.74) is 1.54. The normalized spacial score (nSPS) is 10.3. The van der Waals surface area contributed by atoms with Crippen molar-refractivity contribution in [2.24, 2.45) is 0 Å². The van der Waals surface area contributed by atoms with Crippen molar-refractivity contribution in [2.45, 2.75) is 5.16 Å². The van der Waals surface area contributed by atoms with Crippen LogP contribution < -0.4 is 10.3 Å². The average Bonchev–Trinajstić information content (AvgIpc) is 2.67. The number of hydrogen-bond acceptors (Lipinski definition) is 6. The molecule has 1 aromatic heterocycles. The predicted octanol–water partition coefficient (Wildman–Crippen LogP) is 3.41. The second-order valence-electron chi connectivity index (χ2n) is 5.37. The van der Waals surface area contributed by atoms with E-state index in [1.807, 2.05) is 30.3 Å². The number of H-pyrrole nitrogens is 1. The lowest BCUT2D eigenvalue weighted by Crippen LogP contribution is -2.14. The Morgan fingerprint density at radius 3 is 2.50 bits per heavy atom. The Bertz CT molecular complexity index is 1050. The number of aromatic hydroxyl groups is 1. The van der Waals surface area contributed by atoms with Crippen LogP contribution in [-0.2, 0) is 0 Å². The molecule has 0 radical (unpaired) electrons. The summed E-state index contributed by atoms with van der Waals surface area (Å²) in [7, 11) is 1.60. The largest absolute Gasteiger partial charge is 0.507 e. The van der Waals surface area contributed by atoms with Crippen LogP contribution in [0.4, 0.5) is 0 Å². The van der Waals surface area contributed by atoms with E-state index < -0.39 is 5.56 Å². The van der Waals surface area contributed by atoms with Crippen molar-refractivity contribution in [3.8, 4) is 40.0 Å². The Morgan fingerprint density at radius 1 is 1.19 bits per heavy atom. The second-order valence-corrected chi connectivity index (χ2v) is 6.17. The fraction of sp³-hybridized carbons (Fsp3) is 0.105. The first kappa shape index (κ1) is 17.6. The third kappa shape index (κ3) is 3.27. The average molecular weight is 365 g/mol. The molecule has 0 bridgehead atoms. The molecule has 0 aliphatic carbocycles. The van der Waals surface area contributed by atoms with Crippen molar-refractivity contribution >= 4 is 11.8 Å². The van der Waals surface area contributed by atoms with E-state index in [2.05, 4.69) is 9.97 Å². The van der Waals surface area contributed by atoms with Crippen LogP contribution in [0.15, 0.2) is 52.4 Å². The fourth-order valence-electron chi connectivity index (χ4n) is 2.54. The number of phenolic OH excluding ortho intramolecular Hbond substituents is 1. The van der Waals surface area contributed by atoms with Crippen LogP contribution in [-0.4, -0.2) is 28.4 Å². The van der Waals surface area contributed by atoms with Crippen molar-refractivity contribution in [3.63, 3.8) is 0 Å². The lowest BCUT2D eigenvalue weighted by molar-refractivity contribution is 0.415. The summed E-state index contributed by atoms with van der Waals surface area (Å²) >= 11 is 1.25. The first-order valence-corrected chi connectivity index (χ1v) is 8.86. The van der Waals surface area contributed by atoms with Gasteiger partial charge in [0.05, 0.1) is 7.11 Å². The number of nitriles is 1. The Hall–Kier alpha value is -3.24. The van der Waals surface area contributed by atoms with E-state index in [0.29, 0.717) is 10.7 Å². The quantitative estimate of drug-likeness (QED) is 0.543. The highest BCUT2D eigenvalue weighted by Gasteiger charge is 2.17. The number of methoxy groups -OCH3 is 1. The SMILES string of the molecule is COc1ccc(-c2ccc(O)c(-c3nc(SC)[nH]c(=O)c3C#N)c2)cc1. The van der Waals surface area contributed by atoms with Crippen LogP contribution in [0.2, 0.25) is 0 Å². The van der Waals surface area contributed by atoms with Crippen LogP contribution >= 0.6 is 11.8 Å². The molecule has 26 heavy (non-hydrogen) atoms. The number of aromatic amines is 1. The van der Waals surface area contributed by atoms with Crippen LogP contribution in [0.1, 0.15) is 5.56 Å². The van der Waals surface area contributed by atoms with Gasteiger partial charge in [-0.05, 0) is 41.6 Å². The van der Waals surface area contributed by atoms with Crippen molar-refractivity contribution in [1.29, 1.82) is 5.26 Å². The van der Waals surface area contributed by atoms with Gasteiger partial charge in [0.2, 0.25) is 0 Å². The van der Waals surface area contributed by atoms with Crippen molar-refractivity contribution in [2.75, 3.05) is 13.4 Å². The van der Waals surface area contributed by atoms with Gasteiger partial charge in [0, 0.05) is 5.56 Å². The molecular formula is C19H15N3O3S. The standard InChI is InChI=1S/C19H15N3O3S/c1-25-13-6-3-11(4-7-13)12-5-8-16(23)14(9-12)17-15(10-20)18(24)22-19(21-17)26-2/h3-9,23H,1-2H3,(H,21,22,24). The van der Waals surface area contributed by atoms with E-state index in [4.69, 9.17) is 4.74 Å². The molecule has 0 spiro atoms. The summed E-state index contributed by atoms with van der Waals surface area (Å²) in [6.45, 7) is 0. The van der Waals surface area contributed by atoms with Crippen LogP contribution in [0, 0.1) is 11.3 Å². The molecule has 0 fully saturated rings. The maximum atomic E-state index is 12.1. The second kappa shape index (κ2) is 7.33. The zero-order chi connectivity index (χ0) is 18.7. The van der Waals surface area contributed by atoms with Crippen molar-refractivity contribution < 1.29 is 9.84 Å². The first-order valence-electron chi connectivity index (χ1n) is 7.63. The minimum atomic E-state index is -0.531. The number of nitrogens with zero attached hydrogens (tertiary/aromatic N) is 2. The number of thioether (sulfide) groups is 1. The third-order valence-electron chi connectivity index (χ3n) is 3.88. The van der Waals surface area contributed by atoms with Gasteiger partial charge in [0.1, 0.15) is 28.8 Å². The van der Waals surface area contributed by atoms with Gasteiger partial charge in [-0.1, -0.05) is 30.0 Å². The minimum absolute atomic E-state index is 0.0519. The molecule has 6 nitrogen and oxygen atoms in total. The van der Waals surface area contributed by atoms with Crippen LogP contribution in [0.25, 0.3) is 22.4 Å². The molecular weight excluding hydrogens is 350 g/mol. The van der Waals surface area contributed by atoms with Crippen LogP contribution in [0.5, 0.6) is 11.5 Å². The highest BCUT2D eigenvalue weighted by Crippen LogP contribution is 2.34. The Kier molecular flexibility index (Phi) is 4.96. The van der Waals surface area contributed by atoms with Crippen molar-refractivity contribution in [1.82, 2.24) is 9.97 Å². The highest BCUT2D eigenvalue weighted by atomic mass is 32.2. The highest BCUT2D eigenvalue weighted by molar-refractivity contribution is 7.98. The van der Waals surface area contributed by atoms with Gasteiger partial charge in [0.15, 0.2) is 5.16 Å². The Labute approximate surface area is 154 Å². The minimum Gasteiger partial charge on any atom is -0.507 e. The molecule has 7 heteroatoms. The maximum absolute atomic E-state index is 12.1. The lowest BCUT2D eigenvalue weighted by Gasteiger charge is -2.10. The number of ether oxygens (including phenoxy) is 1. The molecule has 2 N–H and O–H groups in total. The zero-order valence-corrected chi connectivity index (χ0v) is 14.9. The summed E-state index contributed by atoms with van der Waals surface area (Å²) in [5.74, 6) is 0.685. The predicted molar refractivity (Wildman–Crippen MR) is 100 cm³/mol. The number of benzene rings is 2. The van der Waals surface area contributed by atoms with E-state index in [1.165, 1.54) is 17.8 Å². The number of rotatable bonds is 4. The summed E-state index contributed by atoms with van der Waals surface area (Å²) in [6, 6.07) is 14.3. The van der Waals surface area contributed by atoms with E-state index in [-0.39, 0.29) is 17.0 Å². The maximum Gasteiger partial charge on any atom is 0.270 e. The van der Waals surface area contributed by atoms with E-state index >= 15 is 0 Å². The van der Waals surface area contributed by atoms with E-state index in [0.717, 1.165) is 16.9 Å². The molecule has 0 saturated carbocycles. The molecule has 0 aliphatic heterocycles. The van der Waals surface area contributed by atoms with E-state index in [9.17, 15) is 15.2 Å². The zero-order valence-electron chi connectivity index (χ0n) is 14.1. The van der Waals surface area contributed by atoms with Gasteiger partial charge in [-0.15, -0.1) is 0 Å². The molecule has 2 aromatic carbocycles. The van der Waals surface area contributed by atoms with E-state index in [1.54, 1.807) is 25.5 Å². The molecule has 1 heterocycles. The molecule has 3 rings (SSSR count). The monoisotopic (exact) mass is 365 g/mol. The summed E-state index contributed by atoms with van der Waals surface area (Å²) in [5, 5.41) is 20.0. The third-order valence-corrected chi connectivity index (χ3v) is 4.46. The molecule has 0 atom stereocenters. The summed E-state index contributed by atoms with van der Waals surface area (Å²) < 4.78 is 5.16. The number of nitrogens with one attached hydrogen (secondary N) is 1. The molecule has 0 aliphatic rings. The Morgan fingerprint density at radius 2 is 1.88 bits per heavy atom. The number of phenols is 1. The van der Waals surface area contributed by atoms with Gasteiger partial charge >= 0.3 is 0 Å². The smallest absolute Gasteiger partial charge is 0.270 e. The lowest BCUT2D eigenvalue weighted by atomic mass is 9.99. The Balaban J connectivity index is 2.19. The fourth-order valence-corrected chi connectivity index (χ4v) is 2.91. The first-order chi connectivity index (χ1) is 12.6. The summed E-state index contributed by atoms with van der Waals surface area (Å²) in [4.78, 5) is 19.0.